The smallest absolute Gasteiger partial charge is 0.0744 e. The van der Waals surface area contributed by atoms with Crippen molar-refractivity contribution in [2.75, 3.05) is 0 Å². The highest BCUT2D eigenvalue weighted by atomic mass is 16.3. The Morgan fingerprint density at radius 1 is 1.19 bits per heavy atom. The van der Waals surface area contributed by atoms with Gasteiger partial charge in [-0.3, -0.25) is 0 Å². The predicted octanol–water partition coefficient (Wildman–Crippen LogP) is 4.87. The molecular formula is C20H30O. The Bertz CT molecular complexity index is 512. The van der Waals surface area contributed by atoms with E-state index in [4.69, 9.17) is 0 Å². The summed E-state index contributed by atoms with van der Waals surface area (Å²) in [6, 6.07) is 0. The largest absolute Gasteiger partial charge is 0.389 e. The molecule has 0 bridgehead atoms. The number of aliphatic hydroxyl groups is 1. The molecule has 0 spiro atoms. The molecule has 0 amide bonds. The molecule has 0 heterocycles. The summed E-state index contributed by atoms with van der Waals surface area (Å²) in [7, 11) is 0. The van der Waals surface area contributed by atoms with Crippen LogP contribution in [0.15, 0.2) is 23.3 Å². The van der Waals surface area contributed by atoms with Gasteiger partial charge in [0.1, 0.15) is 0 Å². The van der Waals surface area contributed by atoms with Gasteiger partial charge >= 0.3 is 0 Å². The lowest BCUT2D eigenvalue weighted by Gasteiger charge is -2.55. The first-order valence-electron chi connectivity index (χ1n) is 9.06. The quantitative estimate of drug-likeness (QED) is 0.630. The molecule has 1 N–H and O–H groups in total. The number of allylic oxidation sites excluding steroid dienone is 2. The average Bonchev–Trinajstić information content (AvgIpc) is 2.69. The van der Waals surface area contributed by atoms with Crippen molar-refractivity contribution in [3.05, 3.63) is 23.3 Å². The van der Waals surface area contributed by atoms with Crippen LogP contribution in [0.4, 0.5) is 0 Å². The third-order valence-electron chi connectivity index (χ3n) is 7.63. The van der Waals surface area contributed by atoms with E-state index in [1.54, 1.807) is 11.1 Å². The van der Waals surface area contributed by atoms with E-state index in [2.05, 4.69) is 32.9 Å². The van der Waals surface area contributed by atoms with E-state index in [1.165, 1.54) is 38.5 Å². The summed E-state index contributed by atoms with van der Waals surface area (Å²) in [5.41, 5.74) is 2.93. The van der Waals surface area contributed by atoms with E-state index in [1.807, 2.05) is 0 Å². The molecule has 4 rings (SSSR count). The van der Waals surface area contributed by atoms with Crippen LogP contribution in [0.25, 0.3) is 0 Å². The summed E-state index contributed by atoms with van der Waals surface area (Å²) < 4.78 is 0. The first-order valence-corrected chi connectivity index (χ1v) is 9.06. The molecule has 0 unspecified atom stereocenters. The molecule has 2 fully saturated rings. The predicted molar refractivity (Wildman–Crippen MR) is 86.8 cm³/mol. The Labute approximate surface area is 129 Å². The van der Waals surface area contributed by atoms with Crippen molar-refractivity contribution in [2.24, 2.45) is 29.1 Å². The molecule has 0 saturated heterocycles. The molecule has 0 aromatic carbocycles. The lowest BCUT2D eigenvalue weighted by molar-refractivity contribution is -0.0597. The summed E-state index contributed by atoms with van der Waals surface area (Å²) in [5.74, 6) is 3.21. The highest BCUT2D eigenvalue weighted by Crippen LogP contribution is 2.63. The summed E-state index contributed by atoms with van der Waals surface area (Å²) in [4.78, 5) is 0. The molecule has 116 valence electrons. The SMILES string of the molecule is C[C@@H]1CC2=CCCC[C@@H]2[C@H]2CC[C@@]3(C)C(=CC[C@]3(C)O)[C@@H]21. The van der Waals surface area contributed by atoms with E-state index < -0.39 is 5.60 Å². The van der Waals surface area contributed by atoms with Gasteiger partial charge in [-0.05, 0) is 75.5 Å². The Morgan fingerprint density at radius 3 is 2.81 bits per heavy atom. The van der Waals surface area contributed by atoms with Gasteiger partial charge in [0, 0.05) is 5.41 Å². The number of fused-ring (bicyclic) bond motifs is 5. The fourth-order valence-electron chi connectivity index (χ4n) is 6.22. The second kappa shape index (κ2) is 4.47. The minimum atomic E-state index is -0.518. The molecule has 4 aliphatic rings. The van der Waals surface area contributed by atoms with Gasteiger partial charge in [-0.2, -0.15) is 0 Å². The normalized spacial score (nSPS) is 52.4. The van der Waals surface area contributed by atoms with Crippen LogP contribution in [-0.2, 0) is 0 Å². The monoisotopic (exact) mass is 286 g/mol. The molecule has 21 heavy (non-hydrogen) atoms. The zero-order chi connectivity index (χ0) is 14.8. The highest BCUT2D eigenvalue weighted by Gasteiger charge is 2.57. The Kier molecular flexibility index (Phi) is 2.99. The lowest BCUT2D eigenvalue weighted by Crippen LogP contribution is -2.50. The third kappa shape index (κ3) is 1.79. The van der Waals surface area contributed by atoms with Crippen molar-refractivity contribution in [3.8, 4) is 0 Å². The van der Waals surface area contributed by atoms with Crippen LogP contribution in [0.5, 0.6) is 0 Å². The lowest BCUT2D eigenvalue weighted by atomic mass is 9.50. The molecule has 6 atom stereocenters. The molecule has 4 aliphatic carbocycles. The van der Waals surface area contributed by atoms with Gasteiger partial charge in [0.05, 0.1) is 5.60 Å². The van der Waals surface area contributed by atoms with Gasteiger partial charge in [0.15, 0.2) is 0 Å². The number of hydrogen-bond donors (Lipinski definition) is 1. The van der Waals surface area contributed by atoms with Crippen LogP contribution in [-0.4, -0.2) is 10.7 Å². The average molecular weight is 286 g/mol. The van der Waals surface area contributed by atoms with Crippen LogP contribution in [0.2, 0.25) is 0 Å². The standard InChI is InChI=1S/C20H30O/c1-13-12-14-6-4-5-7-15(14)16-8-10-19(2)17(18(13)16)9-11-20(19,3)21/h6,9,13,15-16,18,21H,4-5,7-8,10-12H2,1-3H3/t13-,15+,16-,18-,19+,20+/m1/s1. The fourth-order valence-corrected chi connectivity index (χ4v) is 6.22. The summed E-state index contributed by atoms with van der Waals surface area (Å²) in [5, 5.41) is 10.9. The van der Waals surface area contributed by atoms with Crippen molar-refractivity contribution in [1.82, 2.24) is 0 Å². The third-order valence-corrected chi connectivity index (χ3v) is 7.63. The van der Waals surface area contributed by atoms with Crippen molar-refractivity contribution in [2.45, 2.75) is 71.3 Å². The van der Waals surface area contributed by atoms with Gasteiger partial charge in [0.2, 0.25) is 0 Å². The zero-order valence-electron chi connectivity index (χ0n) is 13.9. The molecule has 0 aliphatic heterocycles. The Hall–Kier alpha value is -0.560. The van der Waals surface area contributed by atoms with Crippen molar-refractivity contribution in [3.63, 3.8) is 0 Å². The van der Waals surface area contributed by atoms with E-state index in [-0.39, 0.29) is 5.41 Å². The Balaban J connectivity index is 1.72. The van der Waals surface area contributed by atoms with Gasteiger partial charge in [-0.1, -0.05) is 37.1 Å². The molecule has 0 aromatic rings. The minimum absolute atomic E-state index is 0.0400. The van der Waals surface area contributed by atoms with E-state index in [0.29, 0.717) is 0 Å². The fraction of sp³-hybridized carbons (Fsp3) is 0.800. The topological polar surface area (TPSA) is 20.2 Å². The maximum atomic E-state index is 10.9. The van der Waals surface area contributed by atoms with Crippen LogP contribution >= 0.6 is 0 Å². The first-order chi connectivity index (χ1) is 9.94. The molecule has 0 radical (unpaired) electrons. The van der Waals surface area contributed by atoms with Gasteiger partial charge in [0.25, 0.3) is 0 Å². The molecule has 0 aromatic heterocycles. The number of hydrogen-bond acceptors (Lipinski definition) is 1. The van der Waals surface area contributed by atoms with E-state index in [9.17, 15) is 5.11 Å². The van der Waals surface area contributed by atoms with Crippen LogP contribution in [0, 0.1) is 29.1 Å². The zero-order valence-corrected chi connectivity index (χ0v) is 13.9. The maximum absolute atomic E-state index is 10.9. The van der Waals surface area contributed by atoms with Gasteiger partial charge in [-0.15, -0.1) is 0 Å². The molecule has 1 heteroatoms. The molecule has 1 nitrogen and oxygen atoms in total. The number of rotatable bonds is 0. The van der Waals surface area contributed by atoms with Crippen LogP contribution in [0.3, 0.4) is 0 Å². The highest BCUT2D eigenvalue weighted by molar-refractivity contribution is 5.35. The molecular weight excluding hydrogens is 256 g/mol. The maximum Gasteiger partial charge on any atom is 0.0744 e. The minimum Gasteiger partial charge on any atom is -0.389 e. The van der Waals surface area contributed by atoms with Crippen molar-refractivity contribution in [1.29, 1.82) is 0 Å². The summed E-state index contributed by atoms with van der Waals surface area (Å²) >= 11 is 0. The van der Waals surface area contributed by atoms with Crippen LogP contribution in [0.1, 0.15) is 65.7 Å². The van der Waals surface area contributed by atoms with E-state index >= 15 is 0 Å². The summed E-state index contributed by atoms with van der Waals surface area (Å²) in [6.45, 7) is 6.86. The van der Waals surface area contributed by atoms with Gasteiger partial charge in [-0.25, -0.2) is 0 Å². The summed E-state index contributed by atoms with van der Waals surface area (Å²) in [6.07, 6.45) is 13.8. The van der Waals surface area contributed by atoms with Crippen molar-refractivity contribution < 1.29 is 5.11 Å². The van der Waals surface area contributed by atoms with Crippen LogP contribution < -0.4 is 0 Å². The van der Waals surface area contributed by atoms with Crippen molar-refractivity contribution >= 4 is 0 Å². The van der Waals surface area contributed by atoms with Gasteiger partial charge < -0.3 is 5.11 Å². The molecule has 2 saturated carbocycles. The van der Waals surface area contributed by atoms with E-state index in [0.717, 1.165) is 30.1 Å². The Morgan fingerprint density at radius 2 is 2.00 bits per heavy atom. The second-order valence-corrected chi connectivity index (χ2v) is 8.70. The first kappa shape index (κ1) is 14.1. The second-order valence-electron chi connectivity index (χ2n) is 8.70.